The van der Waals surface area contributed by atoms with Crippen LogP contribution in [0.15, 0.2) is 30.3 Å². The molecule has 1 radical (unpaired) electrons. The molecule has 1 rings (SSSR count). The summed E-state index contributed by atoms with van der Waals surface area (Å²) >= 11 is 0. The molecule has 1 nitrogen and oxygen atoms in total. The largest absolute Gasteiger partial charge is 0.369 e. The first-order valence-electron chi connectivity index (χ1n) is 4.71. The standard InChI is InChI=1S/C12H17O/c1-10(2)13-11(3)9-12-7-5-4-6-8-12/h4-8,10H,9H2,1-3H3. The normalized spacial score (nSPS) is 11.2. The molecule has 0 heterocycles. The van der Waals surface area contributed by atoms with Crippen molar-refractivity contribution < 1.29 is 4.74 Å². The molecule has 1 aromatic carbocycles. The Labute approximate surface area is 80.7 Å². The molecule has 1 aromatic rings. The number of benzene rings is 1. The fraction of sp³-hybridized carbons (Fsp3) is 0.417. The van der Waals surface area contributed by atoms with Gasteiger partial charge in [-0.15, -0.1) is 0 Å². The van der Waals surface area contributed by atoms with E-state index in [0.29, 0.717) is 0 Å². The molecule has 0 N–H and O–H groups in total. The zero-order valence-corrected chi connectivity index (χ0v) is 8.58. The summed E-state index contributed by atoms with van der Waals surface area (Å²) in [5, 5.41) is 0. The summed E-state index contributed by atoms with van der Waals surface area (Å²) in [5.74, 6) is 0. The minimum atomic E-state index is 0.281. The van der Waals surface area contributed by atoms with Crippen molar-refractivity contribution in [3.05, 3.63) is 42.0 Å². The summed E-state index contributed by atoms with van der Waals surface area (Å²) in [6.45, 7) is 6.13. The molecule has 0 atom stereocenters. The summed E-state index contributed by atoms with van der Waals surface area (Å²) in [5.41, 5.74) is 1.31. The molecule has 1 heteroatoms. The van der Waals surface area contributed by atoms with E-state index in [9.17, 15) is 0 Å². The molecule has 0 amide bonds. The first kappa shape index (κ1) is 10.3. The van der Waals surface area contributed by atoms with E-state index in [4.69, 9.17) is 4.74 Å². The predicted octanol–water partition coefficient (Wildman–Crippen LogP) is 3.21. The Kier molecular flexibility index (Phi) is 3.97. The molecule has 71 valence electrons. The van der Waals surface area contributed by atoms with Crippen LogP contribution in [0.3, 0.4) is 0 Å². The maximum atomic E-state index is 5.57. The van der Waals surface area contributed by atoms with Gasteiger partial charge >= 0.3 is 0 Å². The molecule has 13 heavy (non-hydrogen) atoms. The van der Waals surface area contributed by atoms with Crippen LogP contribution in [0.4, 0.5) is 0 Å². The minimum absolute atomic E-state index is 0.281. The Morgan fingerprint density at radius 3 is 2.38 bits per heavy atom. The SMILES string of the molecule is C[C](Cc1ccccc1)OC(C)C. The molecule has 0 saturated heterocycles. The lowest BCUT2D eigenvalue weighted by atomic mass is 10.1. The quantitative estimate of drug-likeness (QED) is 0.686. The molecular weight excluding hydrogens is 160 g/mol. The Bertz CT molecular complexity index is 228. The highest BCUT2D eigenvalue weighted by atomic mass is 16.5. The lowest BCUT2D eigenvalue weighted by molar-refractivity contribution is 0.0908. The molecule has 0 saturated carbocycles. The van der Waals surface area contributed by atoms with Crippen molar-refractivity contribution in [1.29, 1.82) is 0 Å². The van der Waals surface area contributed by atoms with Gasteiger partial charge in [0.1, 0.15) is 0 Å². The first-order valence-corrected chi connectivity index (χ1v) is 4.71. The van der Waals surface area contributed by atoms with Crippen LogP contribution >= 0.6 is 0 Å². The molecule has 0 spiro atoms. The Hall–Kier alpha value is -0.820. The van der Waals surface area contributed by atoms with Gasteiger partial charge < -0.3 is 4.74 Å². The van der Waals surface area contributed by atoms with E-state index in [2.05, 4.69) is 38.1 Å². The van der Waals surface area contributed by atoms with E-state index in [1.807, 2.05) is 13.0 Å². The van der Waals surface area contributed by atoms with Crippen LogP contribution in [-0.4, -0.2) is 6.10 Å². The Morgan fingerprint density at radius 1 is 1.23 bits per heavy atom. The fourth-order valence-corrected chi connectivity index (χ4v) is 1.33. The summed E-state index contributed by atoms with van der Waals surface area (Å²) in [7, 11) is 0. The molecule has 0 unspecified atom stereocenters. The van der Waals surface area contributed by atoms with E-state index in [0.717, 1.165) is 12.5 Å². The molecule has 0 bridgehead atoms. The maximum Gasteiger partial charge on any atom is 0.0987 e. The highest BCUT2D eigenvalue weighted by Crippen LogP contribution is 2.12. The maximum absolute atomic E-state index is 5.57. The van der Waals surface area contributed by atoms with Crippen LogP contribution in [0.2, 0.25) is 0 Å². The van der Waals surface area contributed by atoms with Gasteiger partial charge in [-0.1, -0.05) is 30.3 Å². The lowest BCUT2D eigenvalue weighted by Crippen LogP contribution is -2.09. The summed E-state index contributed by atoms with van der Waals surface area (Å²) < 4.78 is 5.57. The number of hydrogen-bond donors (Lipinski definition) is 0. The van der Waals surface area contributed by atoms with Crippen LogP contribution < -0.4 is 0 Å². The van der Waals surface area contributed by atoms with E-state index < -0.39 is 0 Å². The van der Waals surface area contributed by atoms with Gasteiger partial charge in [-0.25, -0.2) is 0 Å². The van der Waals surface area contributed by atoms with Crippen LogP contribution in [0, 0.1) is 6.10 Å². The van der Waals surface area contributed by atoms with E-state index >= 15 is 0 Å². The highest BCUT2D eigenvalue weighted by Gasteiger charge is 2.06. The Balaban J connectivity index is 2.41. The molecule has 0 aromatic heterocycles. The zero-order chi connectivity index (χ0) is 9.68. The predicted molar refractivity (Wildman–Crippen MR) is 55.3 cm³/mol. The van der Waals surface area contributed by atoms with Crippen molar-refractivity contribution in [3.8, 4) is 0 Å². The fourth-order valence-electron chi connectivity index (χ4n) is 1.33. The van der Waals surface area contributed by atoms with Crippen LogP contribution in [0.25, 0.3) is 0 Å². The topological polar surface area (TPSA) is 9.23 Å². The Morgan fingerprint density at radius 2 is 1.85 bits per heavy atom. The third-order valence-electron chi connectivity index (χ3n) is 1.73. The molecule has 0 fully saturated rings. The van der Waals surface area contributed by atoms with Gasteiger partial charge in [0.25, 0.3) is 0 Å². The number of ether oxygens (including phenoxy) is 1. The van der Waals surface area contributed by atoms with Gasteiger partial charge in [-0.3, -0.25) is 0 Å². The second-order valence-electron chi connectivity index (χ2n) is 3.53. The van der Waals surface area contributed by atoms with Crippen LogP contribution in [0.5, 0.6) is 0 Å². The van der Waals surface area contributed by atoms with Crippen molar-refractivity contribution in [1.82, 2.24) is 0 Å². The van der Waals surface area contributed by atoms with Gasteiger partial charge in [0.15, 0.2) is 0 Å². The second-order valence-corrected chi connectivity index (χ2v) is 3.53. The second kappa shape index (κ2) is 5.03. The average Bonchev–Trinajstić information content (AvgIpc) is 2.04. The minimum Gasteiger partial charge on any atom is -0.369 e. The molecule has 0 aliphatic carbocycles. The van der Waals surface area contributed by atoms with Crippen molar-refractivity contribution in [2.75, 3.05) is 0 Å². The average molecular weight is 177 g/mol. The van der Waals surface area contributed by atoms with Crippen molar-refractivity contribution >= 4 is 0 Å². The molecular formula is C12H17O. The zero-order valence-electron chi connectivity index (χ0n) is 8.58. The van der Waals surface area contributed by atoms with Crippen molar-refractivity contribution in [2.45, 2.75) is 33.3 Å². The van der Waals surface area contributed by atoms with Gasteiger partial charge in [0.2, 0.25) is 0 Å². The van der Waals surface area contributed by atoms with Crippen LogP contribution in [-0.2, 0) is 11.2 Å². The third kappa shape index (κ3) is 4.09. The van der Waals surface area contributed by atoms with E-state index in [-0.39, 0.29) is 6.10 Å². The smallest absolute Gasteiger partial charge is 0.0987 e. The van der Waals surface area contributed by atoms with E-state index in [1.54, 1.807) is 0 Å². The lowest BCUT2D eigenvalue weighted by Gasteiger charge is -2.14. The first-order chi connectivity index (χ1) is 6.18. The molecule has 0 aliphatic heterocycles. The van der Waals surface area contributed by atoms with Crippen molar-refractivity contribution in [3.63, 3.8) is 0 Å². The number of rotatable bonds is 4. The number of hydrogen-bond acceptors (Lipinski definition) is 1. The van der Waals surface area contributed by atoms with Gasteiger partial charge in [-0.05, 0) is 26.3 Å². The summed E-state index contributed by atoms with van der Waals surface area (Å²) in [6.07, 6.45) is 2.28. The van der Waals surface area contributed by atoms with Gasteiger partial charge in [0.05, 0.1) is 12.2 Å². The van der Waals surface area contributed by atoms with Gasteiger partial charge in [0, 0.05) is 6.42 Å². The highest BCUT2D eigenvalue weighted by molar-refractivity contribution is 5.17. The van der Waals surface area contributed by atoms with Crippen molar-refractivity contribution in [2.24, 2.45) is 0 Å². The monoisotopic (exact) mass is 177 g/mol. The van der Waals surface area contributed by atoms with Crippen LogP contribution in [0.1, 0.15) is 26.3 Å². The van der Waals surface area contributed by atoms with E-state index in [1.165, 1.54) is 5.56 Å². The summed E-state index contributed by atoms with van der Waals surface area (Å²) in [4.78, 5) is 0. The molecule has 0 aliphatic rings. The summed E-state index contributed by atoms with van der Waals surface area (Å²) in [6, 6.07) is 10.4. The van der Waals surface area contributed by atoms with Gasteiger partial charge in [-0.2, -0.15) is 0 Å². The third-order valence-corrected chi connectivity index (χ3v) is 1.73.